The van der Waals surface area contributed by atoms with E-state index < -0.39 is 12.0 Å². The highest BCUT2D eigenvalue weighted by molar-refractivity contribution is 6.31. The van der Waals surface area contributed by atoms with Gasteiger partial charge in [-0.15, -0.1) is 0 Å². The summed E-state index contributed by atoms with van der Waals surface area (Å²) in [5.74, 6) is -0.253. The lowest BCUT2D eigenvalue weighted by Crippen LogP contribution is -2.34. The smallest absolute Gasteiger partial charge is 0.253 e. The van der Waals surface area contributed by atoms with Gasteiger partial charge in [-0.2, -0.15) is 0 Å². The molecule has 1 amide bonds. The monoisotopic (exact) mass is 345 g/mol. The summed E-state index contributed by atoms with van der Waals surface area (Å²) in [6, 6.07) is 16.8. The number of aliphatic hydroxyl groups is 1. The lowest BCUT2D eigenvalue weighted by molar-refractivity contribution is -0.129. The molecule has 0 spiro atoms. The number of rotatable bonds is 5. The molecule has 1 aliphatic heterocycles. The number of aliphatic hydroxyl groups excluding tert-OH is 1. The molecule has 3 rings (SSSR count). The molecule has 2 N–H and O–H groups in total. The van der Waals surface area contributed by atoms with Gasteiger partial charge in [-0.25, -0.2) is 0 Å². The van der Waals surface area contributed by atoms with Crippen LogP contribution in [0.1, 0.15) is 29.8 Å². The number of carbonyl (C=O) groups excluding carboxylic acids is 1. The van der Waals surface area contributed by atoms with Gasteiger partial charge in [0.15, 0.2) is 6.10 Å². The van der Waals surface area contributed by atoms with E-state index in [0.717, 1.165) is 12.0 Å². The van der Waals surface area contributed by atoms with Crippen molar-refractivity contribution in [3.05, 3.63) is 70.7 Å². The van der Waals surface area contributed by atoms with Crippen molar-refractivity contribution in [3.8, 4) is 0 Å². The maximum Gasteiger partial charge on any atom is 0.253 e. The minimum absolute atomic E-state index is 0.0241. The van der Waals surface area contributed by atoms with E-state index in [-0.39, 0.29) is 12.0 Å². The van der Waals surface area contributed by atoms with E-state index in [0.29, 0.717) is 23.7 Å². The first-order chi connectivity index (χ1) is 11.7. The molecule has 3 atom stereocenters. The van der Waals surface area contributed by atoms with E-state index in [4.69, 9.17) is 16.3 Å². The Morgan fingerprint density at radius 3 is 2.67 bits per heavy atom. The van der Waals surface area contributed by atoms with Crippen molar-refractivity contribution in [2.45, 2.75) is 18.6 Å². The Morgan fingerprint density at radius 2 is 1.92 bits per heavy atom. The van der Waals surface area contributed by atoms with Crippen LogP contribution in [0.3, 0.4) is 0 Å². The summed E-state index contributed by atoms with van der Waals surface area (Å²) in [6.45, 7) is 1.13. The van der Waals surface area contributed by atoms with Crippen molar-refractivity contribution in [2.75, 3.05) is 13.2 Å². The van der Waals surface area contributed by atoms with Crippen LogP contribution in [0.15, 0.2) is 54.6 Å². The van der Waals surface area contributed by atoms with E-state index in [1.165, 1.54) is 0 Å². The van der Waals surface area contributed by atoms with Gasteiger partial charge < -0.3 is 15.2 Å². The SMILES string of the molecule is O=C(NC[C@H]1CCO[C@@H]1c1ccccc1)[C@H](O)c1ccccc1Cl. The Balaban J connectivity index is 1.61. The molecule has 1 fully saturated rings. The first-order valence-electron chi connectivity index (χ1n) is 8.03. The van der Waals surface area contributed by atoms with Crippen LogP contribution in [-0.2, 0) is 9.53 Å². The first-order valence-corrected chi connectivity index (χ1v) is 8.41. The summed E-state index contributed by atoms with van der Waals surface area (Å²) in [6.07, 6.45) is -0.415. The summed E-state index contributed by atoms with van der Waals surface area (Å²) in [7, 11) is 0. The molecule has 0 saturated carbocycles. The number of hydrogen-bond acceptors (Lipinski definition) is 3. The molecule has 0 unspecified atom stereocenters. The van der Waals surface area contributed by atoms with E-state index in [1.807, 2.05) is 30.3 Å². The molecule has 1 aliphatic rings. The van der Waals surface area contributed by atoms with Gasteiger partial charge in [-0.1, -0.05) is 60.1 Å². The zero-order valence-corrected chi connectivity index (χ0v) is 13.9. The number of carbonyl (C=O) groups is 1. The van der Waals surface area contributed by atoms with Gasteiger partial charge in [0, 0.05) is 29.7 Å². The molecule has 24 heavy (non-hydrogen) atoms. The second kappa shape index (κ2) is 7.79. The van der Waals surface area contributed by atoms with E-state index in [9.17, 15) is 9.90 Å². The third kappa shape index (κ3) is 3.78. The van der Waals surface area contributed by atoms with E-state index in [2.05, 4.69) is 5.32 Å². The van der Waals surface area contributed by atoms with Crippen LogP contribution < -0.4 is 5.32 Å². The Hall–Kier alpha value is -1.88. The lowest BCUT2D eigenvalue weighted by atomic mass is 9.95. The predicted molar refractivity (Wildman–Crippen MR) is 92.7 cm³/mol. The van der Waals surface area contributed by atoms with Crippen molar-refractivity contribution in [1.29, 1.82) is 0 Å². The second-order valence-corrected chi connectivity index (χ2v) is 6.33. The number of halogens is 1. The lowest BCUT2D eigenvalue weighted by Gasteiger charge is -2.20. The van der Waals surface area contributed by atoms with Crippen LogP contribution in [0.25, 0.3) is 0 Å². The van der Waals surface area contributed by atoms with Crippen LogP contribution in [0.5, 0.6) is 0 Å². The maximum absolute atomic E-state index is 12.2. The molecule has 0 aliphatic carbocycles. The molecule has 1 saturated heterocycles. The van der Waals surface area contributed by atoms with Crippen LogP contribution in [0.4, 0.5) is 0 Å². The largest absolute Gasteiger partial charge is 0.378 e. The Morgan fingerprint density at radius 1 is 1.21 bits per heavy atom. The van der Waals surface area contributed by atoms with Crippen molar-refractivity contribution in [1.82, 2.24) is 5.32 Å². The summed E-state index contributed by atoms with van der Waals surface area (Å²) in [5, 5.41) is 13.4. The Bertz CT molecular complexity index is 692. The number of nitrogens with one attached hydrogen (secondary N) is 1. The quantitative estimate of drug-likeness (QED) is 0.874. The van der Waals surface area contributed by atoms with Crippen LogP contribution in [-0.4, -0.2) is 24.2 Å². The minimum atomic E-state index is -1.27. The Kier molecular flexibility index (Phi) is 5.51. The van der Waals surface area contributed by atoms with Crippen LogP contribution in [0.2, 0.25) is 5.02 Å². The van der Waals surface area contributed by atoms with Crippen molar-refractivity contribution >= 4 is 17.5 Å². The molecule has 1 heterocycles. The summed E-state index contributed by atoms with van der Waals surface area (Å²) in [4.78, 5) is 12.2. The molecule has 0 radical (unpaired) electrons. The molecule has 2 aromatic rings. The molecular weight excluding hydrogens is 326 g/mol. The summed E-state index contributed by atoms with van der Waals surface area (Å²) in [5.41, 5.74) is 1.53. The number of hydrogen-bond donors (Lipinski definition) is 2. The van der Waals surface area contributed by atoms with Crippen molar-refractivity contribution < 1.29 is 14.6 Å². The van der Waals surface area contributed by atoms with Gasteiger partial charge in [0.25, 0.3) is 5.91 Å². The zero-order chi connectivity index (χ0) is 16.9. The highest BCUT2D eigenvalue weighted by Crippen LogP contribution is 2.34. The molecule has 0 bridgehead atoms. The van der Waals surface area contributed by atoms with Gasteiger partial charge in [-0.3, -0.25) is 4.79 Å². The van der Waals surface area contributed by atoms with Crippen LogP contribution in [0, 0.1) is 5.92 Å². The topological polar surface area (TPSA) is 58.6 Å². The maximum atomic E-state index is 12.2. The van der Waals surface area contributed by atoms with Crippen molar-refractivity contribution in [3.63, 3.8) is 0 Å². The van der Waals surface area contributed by atoms with E-state index in [1.54, 1.807) is 24.3 Å². The standard InChI is InChI=1S/C19H20ClNO3/c20-16-9-5-4-8-15(16)17(22)19(23)21-12-14-10-11-24-18(14)13-6-2-1-3-7-13/h1-9,14,17-18,22H,10-12H2,(H,21,23)/t14-,17-,18-/m1/s1. The molecule has 126 valence electrons. The normalized spacial score (nSPS) is 21.4. The summed E-state index contributed by atoms with van der Waals surface area (Å²) < 4.78 is 5.81. The molecular formula is C19H20ClNO3. The van der Waals surface area contributed by atoms with Gasteiger partial charge in [0.05, 0.1) is 6.10 Å². The number of benzene rings is 2. The highest BCUT2D eigenvalue weighted by atomic mass is 35.5. The third-order valence-electron chi connectivity index (χ3n) is 4.33. The van der Waals surface area contributed by atoms with Crippen molar-refractivity contribution in [2.24, 2.45) is 5.92 Å². The third-order valence-corrected chi connectivity index (χ3v) is 4.67. The minimum Gasteiger partial charge on any atom is -0.378 e. The first kappa shape index (κ1) is 17.0. The average Bonchev–Trinajstić information content (AvgIpc) is 3.09. The predicted octanol–water partition coefficient (Wildman–Crippen LogP) is 3.27. The number of amides is 1. The second-order valence-electron chi connectivity index (χ2n) is 5.92. The van der Waals surface area contributed by atoms with E-state index >= 15 is 0 Å². The zero-order valence-electron chi connectivity index (χ0n) is 13.2. The van der Waals surface area contributed by atoms with Gasteiger partial charge >= 0.3 is 0 Å². The fourth-order valence-corrected chi connectivity index (χ4v) is 3.26. The fourth-order valence-electron chi connectivity index (χ4n) is 3.02. The fraction of sp³-hybridized carbons (Fsp3) is 0.316. The van der Waals surface area contributed by atoms with Crippen LogP contribution >= 0.6 is 11.6 Å². The van der Waals surface area contributed by atoms with Gasteiger partial charge in [0.1, 0.15) is 0 Å². The molecule has 4 nitrogen and oxygen atoms in total. The molecule has 2 aromatic carbocycles. The Labute approximate surface area is 146 Å². The number of ether oxygens (including phenoxy) is 1. The average molecular weight is 346 g/mol. The van der Waals surface area contributed by atoms with Gasteiger partial charge in [-0.05, 0) is 18.1 Å². The van der Waals surface area contributed by atoms with Gasteiger partial charge in [0.2, 0.25) is 0 Å². The molecule has 5 heteroatoms. The summed E-state index contributed by atoms with van der Waals surface area (Å²) >= 11 is 6.03. The highest BCUT2D eigenvalue weighted by Gasteiger charge is 2.30. The molecule has 0 aromatic heterocycles.